The maximum absolute atomic E-state index is 3.72. The van der Waals surface area contributed by atoms with Gasteiger partial charge in [-0.25, -0.2) is 0 Å². The lowest BCUT2D eigenvalue weighted by Crippen LogP contribution is -2.45. The lowest BCUT2D eigenvalue weighted by Gasteiger charge is -2.43. The molecule has 3 atom stereocenters. The van der Waals surface area contributed by atoms with E-state index in [-0.39, 0.29) is 0 Å². The molecule has 1 aliphatic rings. The summed E-state index contributed by atoms with van der Waals surface area (Å²) in [4.78, 5) is 1.42. The van der Waals surface area contributed by atoms with Gasteiger partial charge in [-0.15, -0.1) is 11.8 Å². The normalized spacial score (nSPS) is 26.8. The molecule has 1 N–H and O–H groups in total. The molecule has 118 valence electrons. The standard InChI is InChI=1S/C19H31NS/c1-5-19(3,4)15-12-13-17(20-6-2)18(14-15)21-16-10-8-7-9-11-16/h7-11,15,17-18,20H,5-6,12-14H2,1-4H3. The van der Waals surface area contributed by atoms with E-state index < -0.39 is 0 Å². The minimum atomic E-state index is 0.479. The molecule has 2 rings (SSSR count). The Balaban J connectivity index is 2.08. The smallest absolute Gasteiger partial charge is 0.0251 e. The third-order valence-corrected chi connectivity index (χ3v) is 6.67. The molecule has 1 saturated carbocycles. The second-order valence-corrected chi connectivity index (χ2v) is 8.30. The van der Waals surface area contributed by atoms with Crippen molar-refractivity contribution in [3.05, 3.63) is 30.3 Å². The highest BCUT2D eigenvalue weighted by molar-refractivity contribution is 8.00. The van der Waals surface area contributed by atoms with Gasteiger partial charge in [0, 0.05) is 16.2 Å². The number of hydrogen-bond acceptors (Lipinski definition) is 2. The van der Waals surface area contributed by atoms with E-state index in [1.54, 1.807) is 0 Å². The van der Waals surface area contributed by atoms with Gasteiger partial charge < -0.3 is 5.32 Å². The van der Waals surface area contributed by atoms with Crippen molar-refractivity contribution in [1.29, 1.82) is 0 Å². The van der Waals surface area contributed by atoms with E-state index in [9.17, 15) is 0 Å². The number of hydrogen-bond donors (Lipinski definition) is 1. The molecular weight excluding hydrogens is 274 g/mol. The summed E-state index contributed by atoms with van der Waals surface area (Å²) in [6.45, 7) is 10.6. The van der Waals surface area contributed by atoms with Gasteiger partial charge in [-0.3, -0.25) is 0 Å². The molecule has 1 aromatic rings. The lowest BCUT2D eigenvalue weighted by atomic mass is 9.68. The first-order valence-corrected chi connectivity index (χ1v) is 9.40. The second-order valence-electron chi connectivity index (χ2n) is 6.99. The van der Waals surface area contributed by atoms with Crippen LogP contribution in [0, 0.1) is 11.3 Å². The van der Waals surface area contributed by atoms with Gasteiger partial charge in [0.2, 0.25) is 0 Å². The van der Waals surface area contributed by atoms with Gasteiger partial charge in [-0.1, -0.05) is 52.3 Å². The molecule has 1 fully saturated rings. The SMILES string of the molecule is CCNC1CCC(C(C)(C)CC)CC1Sc1ccccc1. The van der Waals surface area contributed by atoms with Crippen LogP contribution < -0.4 is 5.32 Å². The summed E-state index contributed by atoms with van der Waals surface area (Å²) in [6, 6.07) is 11.6. The maximum atomic E-state index is 3.72. The van der Waals surface area contributed by atoms with Crippen molar-refractivity contribution in [3.8, 4) is 0 Å². The van der Waals surface area contributed by atoms with Gasteiger partial charge in [0.25, 0.3) is 0 Å². The fourth-order valence-electron chi connectivity index (χ4n) is 3.43. The molecule has 0 heterocycles. The Labute approximate surface area is 135 Å². The fourth-order valence-corrected chi connectivity index (χ4v) is 4.82. The summed E-state index contributed by atoms with van der Waals surface area (Å²) in [5.74, 6) is 0.860. The van der Waals surface area contributed by atoms with E-state index in [0.29, 0.717) is 16.7 Å². The fraction of sp³-hybridized carbons (Fsp3) is 0.684. The highest BCUT2D eigenvalue weighted by Gasteiger charge is 2.37. The molecule has 0 bridgehead atoms. The largest absolute Gasteiger partial charge is 0.313 e. The molecule has 0 radical (unpaired) electrons. The highest BCUT2D eigenvalue weighted by atomic mass is 32.2. The van der Waals surface area contributed by atoms with Crippen LogP contribution in [0.1, 0.15) is 53.4 Å². The van der Waals surface area contributed by atoms with Crippen molar-refractivity contribution in [2.24, 2.45) is 11.3 Å². The Morgan fingerprint density at radius 1 is 1.14 bits per heavy atom. The van der Waals surface area contributed by atoms with Crippen LogP contribution in [-0.2, 0) is 0 Å². The van der Waals surface area contributed by atoms with E-state index in [1.807, 2.05) is 0 Å². The number of nitrogens with one attached hydrogen (secondary N) is 1. The zero-order chi connectivity index (χ0) is 15.3. The Hall–Kier alpha value is -0.470. The molecule has 2 heteroatoms. The molecule has 1 nitrogen and oxygen atoms in total. The second kappa shape index (κ2) is 7.69. The molecular formula is C19H31NS. The van der Waals surface area contributed by atoms with Crippen LogP contribution in [0.2, 0.25) is 0 Å². The third kappa shape index (κ3) is 4.50. The van der Waals surface area contributed by atoms with Crippen LogP contribution in [-0.4, -0.2) is 17.8 Å². The van der Waals surface area contributed by atoms with Gasteiger partial charge in [0.1, 0.15) is 0 Å². The molecule has 1 aliphatic carbocycles. The Kier molecular flexibility index (Phi) is 6.19. The summed E-state index contributed by atoms with van der Waals surface area (Å²) in [6.07, 6.45) is 5.33. The Morgan fingerprint density at radius 2 is 1.86 bits per heavy atom. The zero-order valence-corrected chi connectivity index (χ0v) is 14.9. The molecule has 0 amide bonds. The molecule has 0 saturated heterocycles. The van der Waals surface area contributed by atoms with Crippen molar-refractivity contribution in [2.45, 2.75) is 69.6 Å². The Bertz CT molecular complexity index is 415. The van der Waals surface area contributed by atoms with Gasteiger partial charge in [-0.05, 0) is 49.3 Å². The van der Waals surface area contributed by atoms with Gasteiger partial charge in [0.15, 0.2) is 0 Å². The highest BCUT2D eigenvalue weighted by Crippen LogP contribution is 2.44. The van der Waals surface area contributed by atoms with Crippen LogP contribution in [0.4, 0.5) is 0 Å². The number of thioether (sulfide) groups is 1. The van der Waals surface area contributed by atoms with E-state index in [2.05, 4.69) is 75.1 Å². The molecule has 21 heavy (non-hydrogen) atoms. The van der Waals surface area contributed by atoms with Crippen molar-refractivity contribution >= 4 is 11.8 Å². The summed E-state index contributed by atoms with van der Waals surface area (Å²) in [5.41, 5.74) is 0.479. The molecule has 1 aromatic carbocycles. The van der Waals surface area contributed by atoms with Crippen LogP contribution in [0.15, 0.2) is 35.2 Å². The lowest BCUT2D eigenvalue weighted by molar-refractivity contribution is 0.141. The molecule has 0 spiro atoms. The average Bonchev–Trinajstić information content (AvgIpc) is 2.50. The van der Waals surface area contributed by atoms with Gasteiger partial charge in [-0.2, -0.15) is 0 Å². The predicted molar refractivity (Wildman–Crippen MR) is 95.0 cm³/mol. The van der Waals surface area contributed by atoms with Crippen molar-refractivity contribution in [3.63, 3.8) is 0 Å². The first-order valence-electron chi connectivity index (χ1n) is 8.52. The topological polar surface area (TPSA) is 12.0 Å². The zero-order valence-electron chi connectivity index (χ0n) is 14.1. The van der Waals surface area contributed by atoms with Crippen LogP contribution in [0.3, 0.4) is 0 Å². The number of rotatable bonds is 6. The van der Waals surface area contributed by atoms with Crippen molar-refractivity contribution < 1.29 is 0 Å². The van der Waals surface area contributed by atoms with Crippen molar-refractivity contribution in [2.75, 3.05) is 6.54 Å². The molecule has 0 aliphatic heterocycles. The quantitative estimate of drug-likeness (QED) is 0.759. The minimum absolute atomic E-state index is 0.479. The number of benzene rings is 1. The van der Waals surface area contributed by atoms with Gasteiger partial charge >= 0.3 is 0 Å². The van der Waals surface area contributed by atoms with Crippen LogP contribution >= 0.6 is 11.8 Å². The first kappa shape index (κ1) is 16.9. The molecule has 3 unspecified atom stereocenters. The van der Waals surface area contributed by atoms with E-state index in [0.717, 1.165) is 12.5 Å². The van der Waals surface area contributed by atoms with E-state index >= 15 is 0 Å². The van der Waals surface area contributed by atoms with E-state index in [4.69, 9.17) is 0 Å². The monoisotopic (exact) mass is 305 g/mol. The summed E-state index contributed by atoms with van der Waals surface area (Å²) < 4.78 is 0. The Morgan fingerprint density at radius 3 is 2.48 bits per heavy atom. The van der Waals surface area contributed by atoms with Crippen molar-refractivity contribution in [1.82, 2.24) is 5.32 Å². The summed E-state index contributed by atoms with van der Waals surface area (Å²) in [7, 11) is 0. The van der Waals surface area contributed by atoms with Gasteiger partial charge in [0.05, 0.1) is 0 Å². The minimum Gasteiger partial charge on any atom is -0.313 e. The summed E-state index contributed by atoms with van der Waals surface area (Å²) >= 11 is 2.08. The van der Waals surface area contributed by atoms with Crippen LogP contribution in [0.25, 0.3) is 0 Å². The first-order chi connectivity index (χ1) is 10.1. The third-order valence-electron chi connectivity index (χ3n) is 5.31. The summed E-state index contributed by atoms with van der Waals surface area (Å²) in [5, 5.41) is 4.43. The van der Waals surface area contributed by atoms with E-state index in [1.165, 1.54) is 30.6 Å². The van der Waals surface area contributed by atoms with Crippen LogP contribution in [0.5, 0.6) is 0 Å². The maximum Gasteiger partial charge on any atom is 0.0251 e. The average molecular weight is 306 g/mol. The predicted octanol–water partition coefficient (Wildman–Crippen LogP) is 5.36. The molecule has 0 aromatic heterocycles.